The van der Waals surface area contributed by atoms with Gasteiger partial charge in [0.1, 0.15) is 12.6 Å². The van der Waals surface area contributed by atoms with Gasteiger partial charge in [-0.3, -0.25) is 13.9 Å². The minimum Gasteiger partial charge on any atom is -0.350 e. The quantitative estimate of drug-likeness (QED) is 0.479. The number of rotatable bonds is 8. The second-order valence-corrected chi connectivity index (χ2v) is 12.3. The maximum Gasteiger partial charge on any atom is 0.244 e. The summed E-state index contributed by atoms with van der Waals surface area (Å²) in [6, 6.07) is 13.8. The van der Waals surface area contributed by atoms with Crippen LogP contribution < -0.4 is 9.62 Å². The molecule has 1 N–H and O–H groups in total. The number of benzene rings is 2. The average Bonchev–Trinajstić information content (AvgIpc) is 2.68. The predicted octanol–water partition coefficient (Wildman–Crippen LogP) is 3.70. The van der Waals surface area contributed by atoms with Crippen LogP contribution in [0.25, 0.3) is 0 Å². The van der Waals surface area contributed by atoms with Gasteiger partial charge in [0.05, 0.1) is 11.9 Å². The van der Waals surface area contributed by atoms with Crippen LogP contribution in [0.5, 0.6) is 0 Å². The summed E-state index contributed by atoms with van der Waals surface area (Å²) in [5, 5.41) is 2.91. The van der Waals surface area contributed by atoms with Gasteiger partial charge in [0.2, 0.25) is 21.8 Å². The van der Waals surface area contributed by atoms with Gasteiger partial charge in [0, 0.05) is 15.7 Å². The third-order valence-electron chi connectivity index (χ3n) is 4.89. The predicted molar refractivity (Wildman–Crippen MR) is 140 cm³/mol. The van der Waals surface area contributed by atoms with Crippen LogP contribution in [0.4, 0.5) is 5.69 Å². The first-order chi connectivity index (χ1) is 15.2. The van der Waals surface area contributed by atoms with Crippen molar-refractivity contribution in [2.45, 2.75) is 52.7 Å². The molecule has 2 aromatic rings. The zero-order chi connectivity index (χ0) is 25.0. The largest absolute Gasteiger partial charge is 0.350 e. The number of carbonyl (C=O) groups excluding carboxylic acids is 2. The lowest BCUT2D eigenvalue weighted by Gasteiger charge is -2.33. The third kappa shape index (κ3) is 8.29. The number of amides is 2. The van der Waals surface area contributed by atoms with Crippen LogP contribution >= 0.6 is 22.6 Å². The topological polar surface area (TPSA) is 86.8 Å². The van der Waals surface area contributed by atoms with Crippen molar-refractivity contribution in [1.82, 2.24) is 10.2 Å². The number of hydrogen-bond donors (Lipinski definition) is 1. The van der Waals surface area contributed by atoms with E-state index in [1.807, 2.05) is 52.0 Å². The lowest BCUT2D eigenvalue weighted by molar-refractivity contribution is -0.140. The summed E-state index contributed by atoms with van der Waals surface area (Å²) < 4.78 is 27.1. The highest BCUT2D eigenvalue weighted by Crippen LogP contribution is 2.20. The summed E-state index contributed by atoms with van der Waals surface area (Å²) in [6.45, 7) is 8.99. The number of sulfonamides is 1. The van der Waals surface area contributed by atoms with Crippen molar-refractivity contribution in [3.05, 3.63) is 63.2 Å². The van der Waals surface area contributed by atoms with Gasteiger partial charge < -0.3 is 10.2 Å². The summed E-state index contributed by atoms with van der Waals surface area (Å²) in [4.78, 5) is 27.8. The maximum absolute atomic E-state index is 13.5. The van der Waals surface area contributed by atoms with Crippen molar-refractivity contribution in [2.24, 2.45) is 0 Å². The van der Waals surface area contributed by atoms with E-state index in [0.29, 0.717) is 5.69 Å². The van der Waals surface area contributed by atoms with Crippen molar-refractivity contribution < 1.29 is 18.0 Å². The average molecular weight is 586 g/mol. The fourth-order valence-corrected chi connectivity index (χ4v) is 4.49. The summed E-state index contributed by atoms with van der Waals surface area (Å²) in [7, 11) is -3.73. The molecular weight excluding hydrogens is 553 g/mol. The summed E-state index contributed by atoms with van der Waals surface area (Å²) >= 11 is 2.13. The summed E-state index contributed by atoms with van der Waals surface area (Å²) in [5.41, 5.74) is 1.82. The van der Waals surface area contributed by atoms with E-state index in [9.17, 15) is 18.0 Å². The summed E-state index contributed by atoms with van der Waals surface area (Å²) in [5.74, 6) is -0.763. The highest BCUT2D eigenvalue weighted by Gasteiger charge is 2.31. The maximum atomic E-state index is 13.5. The van der Waals surface area contributed by atoms with Gasteiger partial charge in [0.25, 0.3) is 0 Å². The van der Waals surface area contributed by atoms with Crippen LogP contribution in [0.15, 0.2) is 48.5 Å². The van der Waals surface area contributed by atoms with Crippen LogP contribution in [0.1, 0.15) is 38.8 Å². The Labute approximate surface area is 210 Å². The molecule has 1 unspecified atom stereocenters. The van der Waals surface area contributed by atoms with E-state index in [1.165, 1.54) is 4.90 Å². The molecule has 2 aromatic carbocycles. The van der Waals surface area contributed by atoms with Crippen molar-refractivity contribution in [1.29, 1.82) is 0 Å². The van der Waals surface area contributed by atoms with Crippen LogP contribution in [0.3, 0.4) is 0 Å². The molecule has 0 aromatic heterocycles. The van der Waals surface area contributed by atoms with Crippen molar-refractivity contribution >= 4 is 50.1 Å². The number of halogens is 1. The van der Waals surface area contributed by atoms with E-state index in [0.717, 1.165) is 25.3 Å². The molecule has 9 heteroatoms. The van der Waals surface area contributed by atoms with Crippen LogP contribution in [0, 0.1) is 10.5 Å². The summed E-state index contributed by atoms with van der Waals surface area (Å²) in [6.07, 6.45) is 1.07. The smallest absolute Gasteiger partial charge is 0.244 e. The van der Waals surface area contributed by atoms with Crippen molar-refractivity contribution in [3.63, 3.8) is 0 Å². The van der Waals surface area contributed by atoms with Gasteiger partial charge in [-0.1, -0.05) is 29.8 Å². The molecule has 0 aliphatic rings. The normalized spacial score (nSPS) is 12.7. The highest BCUT2D eigenvalue weighted by atomic mass is 127. The zero-order valence-electron chi connectivity index (χ0n) is 19.9. The molecule has 2 amide bonds. The molecule has 0 aliphatic carbocycles. The van der Waals surface area contributed by atoms with Gasteiger partial charge in [-0.25, -0.2) is 8.42 Å². The molecule has 0 radical (unpaired) electrons. The first-order valence-electron chi connectivity index (χ1n) is 10.6. The molecule has 0 aliphatic heterocycles. The van der Waals surface area contributed by atoms with E-state index < -0.39 is 34.1 Å². The van der Waals surface area contributed by atoms with E-state index >= 15 is 0 Å². The Kier molecular flexibility index (Phi) is 8.92. The number of nitrogens with zero attached hydrogens (tertiary/aromatic N) is 2. The van der Waals surface area contributed by atoms with Gasteiger partial charge in [0.15, 0.2) is 0 Å². The fraction of sp³-hybridized carbons (Fsp3) is 0.417. The Bertz CT molecular complexity index is 1100. The minimum absolute atomic E-state index is 0.184. The lowest BCUT2D eigenvalue weighted by atomic mass is 10.1. The molecule has 2 rings (SSSR count). The molecule has 180 valence electrons. The van der Waals surface area contributed by atoms with E-state index in [2.05, 4.69) is 27.9 Å². The van der Waals surface area contributed by atoms with Crippen molar-refractivity contribution in [3.8, 4) is 0 Å². The Morgan fingerprint density at radius 2 is 1.70 bits per heavy atom. The number of carbonyl (C=O) groups is 2. The standard InChI is InChI=1S/C24H32IN3O4S/c1-17-8-7-9-19(14-17)15-27(18(2)23(30)26-24(3,4)5)22(29)16-28(33(6,31)32)21-12-10-20(25)11-13-21/h7-14,18H,15-16H2,1-6H3,(H,26,30). The van der Waals surface area contributed by atoms with E-state index in [-0.39, 0.29) is 12.5 Å². The second-order valence-electron chi connectivity index (χ2n) is 9.17. The first-order valence-corrected chi connectivity index (χ1v) is 13.5. The SMILES string of the molecule is Cc1cccc(CN(C(=O)CN(c2ccc(I)cc2)S(C)(=O)=O)C(C)C(=O)NC(C)(C)C)c1. The van der Waals surface area contributed by atoms with Crippen LogP contribution in [0.2, 0.25) is 0 Å². The van der Waals surface area contributed by atoms with E-state index in [1.54, 1.807) is 31.2 Å². The Hall–Kier alpha value is -2.14. The van der Waals surface area contributed by atoms with Crippen molar-refractivity contribution in [2.75, 3.05) is 17.1 Å². The molecule has 7 nitrogen and oxygen atoms in total. The Morgan fingerprint density at radius 3 is 2.21 bits per heavy atom. The van der Waals surface area contributed by atoms with E-state index in [4.69, 9.17) is 0 Å². The minimum atomic E-state index is -3.73. The number of nitrogens with one attached hydrogen (secondary N) is 1. The first kappa shape index (κ1) is 27.1. The molecular formula is C24H32IN3O4S. The number of aryl methyl sites for hydroxylation is 1. The monoisotopic (exact) mass is 585 g/mol. The van der Waals surface area contributed by atoms with Gasteiger partial charge in [-0.15, -0.1) is 0 Å². The molecule has 0 saturated carbocycles. The molecule has 0 saturated heterocycles. The molecule has 0 spiro atoms. The third-order valence-corrected chi connectivity index (χ3v) is 6.75. The fourth-order valence-electron chi connectivity index (χ4n) is 3.28. The zero-order valence-corrected chi connectivity index (χ0v) is 22.9. The second kappa shape index (κ2) is 10.9. The molecule has 0 fully saturated rings. The number of hydrogen-bond acceptors (Lipinski definition) is 4. The Morgan fingerprint density at radius 1 is 1.09 bits per heavy atom. The van der Waals surface area contributed by atoms with Gasteiger partial charge >= 0.3 is 0 Å². The molecule has 33 heavy (non-hydrogen) atoms. The Balaban J connectivity index is 2.39. The van der Waals surface area contributed by atoms with Crippen LogP contribution in [-0.4, -0.2) is 49.5 Å². The highest BCUT2D eigenvalue weighted by molar-refractivity contribution is 14.1. The van der Waals surface area contributed by atoms with Gasteiger partial charge in [-0.05, 0) is 87.0 Å². The van der Waals surface area contributed by atoms with Crippen LogP contribution in [-0.2, 0) is 26.2 Å². The molecule has 0 heterocycles. The molecule has 1 atom stereocenters. The number of anilines is 1. The molecule has 0 bridgehead atoms. The lowest BCUT2D eigenvalue weighted by Crippen LogP contribution is -2.54. The van der Waals surface area contributed by atoms with Gasteiger partial charge in [-0.2, -0.15) is 0 Å².